The lowest BCUT2D eigenvalue weighted by molar-refractivity contribution is -0.111. The van der Waals surface area contributed by atoms with Gasteiger partial charge in [0.25, 0.3) is 0 Å². The predicted octanol–water partition coefficient (Wildman–Crippen LogP) is 6.47. The van der Waals surface area contributed by atoms with Crippen molar-refractivity contribution >= 4 is 28.8 Å². The van der Waals surface area contributed by atoms with Crippen molar-refractivity contribution in [3.05, 3.63) is 114 Å². The topological polar surface area (TPSA) is 68.3 Å². The van der Waals surface area contributed by atoms with Gasteiger partial charge in [-0.15, -0.1) is 0 Å². The van der Waals surface area contributed by atoms with Crippen molar-refractivity contribution in [2.75, 3.05) is 5.32 Å². The Morgan fingerprint density at radius 3 is 2.58 bits per heavy atom. The number of carbonyl (C=O) groups excluding carboxylic acids is 1. The molecule has 5 rings (SSSR count). The van der Waals surface area contributed by atoms with Crippen molar-refractivity contribution < 1.29 is 18.0 Å². The normalized spacial score (nSPS) is 11.3. The van der Waals surface area contributed by atoms with Gasteiger partial charge in [-0.25, -0.2) is 9.37 Å². The molecule has 1 amide bonds. The monoisotopic (exact) mass is 438 g/mol. The van der Waals surface area contributed by atoms with Crippen LogP contribution in [0.2, 0.25) is 0 Å². The molecule has 0 aliphatic heterocycles. The van der Waals surface area contributed by atoms with Crippen LogP contribution >= 0.6 is 0 Å². The number of nitrogens with one attached hydrogen (secondary N) is 1. The molecule has 0 fully saturated rings. The molecule has 0 aliphatic rings. The lowest BCUT2D eigenvalue weighted by atomic mass is 10.1. The van der Waals surface area contributed by atoms with E-state index in [4.69, 9.17) is 8.83 Å². The fourth-order valence-corrected chi connectivity index (χ4v) is 3.45. The summed E-state index contributed by atoms with van der Waals surface area (Å²) in [6, 6.07) is 24.8. The Bertz CT molecular complexity index is 1430. The van der Waals surface area contributed by atoms with E-state index in [0.717, 1.165) is 11.1 Å². The number of halogens is 1. The van der Waals surface area contributed by atoms with Crippen LogP contribution in [0.1, 0.15) is 17.2 Å². The summed E-state index contributed by atoms with van der Waals surface area (Å²) in [5.74, 6) is 1.12. The summed E-state index contributed by atoms with van der Waals surface area (Å²) in [5.41, 5.74) is 3.83. The summed E-state index contributed by atoms with van der Waals surface area (Å²) in [6.07, 6.45) is 3.57. The number of aromatic nitrogens is 1. The zero-order chi connectivity index (χ0) is 22.6. The van der Waals surface area contributed by atoms with E-state index in [1.807, 2.05) is 30.3 Å². The van der Waals surface area contributed by atoms with Crippen molar-refractivity contribution in [2.24, 2.45) is 0 Å². The summed E-state index contributed by atoms with van der Waals surface area (Å²) in [4.78, 5) is 16.9. The number of benzene rings is 3. The highest BCUT2D eigenvalue weighted by atomic mass is 19.1. The molecule has 0 spiro atoms. The first-order valence-electron chi connectivity index (χ1n) is 10.4. The molecule has 0 saturated heterocycles. The molecule has 0 atom stereocenters. The Morgan fingerprint density at radius 1 is 0.939 bits per heavy atom. The summed E-state index contributed by atoms with van der Waals surface area (Å²) < 4.78 is 24.6. The van der Waals surface area contributed by atoms with E-state index in [1.54, 1.807) is 48.5 Å². The molecule has 1 N–H and O–H groups in total. The van der Waals surface area contributed by atoms with Crippen LogP contribution in [0.3, 0.4) is 0 Å². The molecular formula is C27H19FN2O3. The zero-order valence-electron chi connectivity index (χ0n) is 17.5. The number of fused-ring (bicyclic) bond motifs is 1. The Hall–Kier alpha value is -4.45. The number of carbonyl (C=O) groups is 1. The van der Waals surface area contributed by atoms with Gasteiger partial charge in [-0.3, -0.25) is 4.79 Å². The number of furan rings is 1. The minimum atomic E-state index is -0.307. The fourth-order valence-electron chi connectivity index (χ4n) is 3.45. The van der Waals surface area contributed by atoms with Crippen molar-refractivity contribution in [1.82, 2.24) is 4.98 Å². The van der Waals surface area contributed by atoms with Crippen molar-refractivity contribution in [3.63, 3.8) is 0 Å². The second kappa shape index (κ2) is 8.96. The van der Waals surface area contributed by atoms with E-state index in [9.17, 15) is 9.18 Å². The third-order valence-corrected chi connectivity index (χ3v) is 5.05. The molecule has 0 saturated carbocycles. The molecule has 2 heterocycles. The summed E-state index contributed by atoms with van der Waals surface area (Å²) in [6.45, 7) is 0. The van der Waals surface area contributed by atoms with Gasteiger partial charge in [-0.2, -0.15) is 0 Å². The molecule has 0 radical (unpaired) electrons. The number of nitrogens with zero attached hydrogens (tertiary/aromatic N) is 1. The van der Waals surface area contributed by atoms with Gasteiger partial charge in [0.1, 0.15) is 22.9 Å². The second-order valence-corrected chi connectivity index (χ2v) is 7.48. The highest BCUT2D eigenvalue weighted by molar-refractivity contribution is 6.02. The summed E-state index contributed by atoms with van der Waals surface area (Å²) >= 11 is 0. The Balaban J connectivity index is 1.24. The molecule has 2 aromatic heterocycles. The summed E-state index contributed by atoms with van der Waals surface area (Å²) in [7, 11) is 0. The minimum absolute atomic E-state index is 0.304. The van der Waals surface area contributed by atoms with Gasteiger partial charge in [0.15, 0.2) is 11.5 Å². The van der Waals surface area contributed by atoms with E-state index in [-0.39, 0.29) is 11.7 Å². The van der Waals surface area contributed by atoms with E-state index in [1.165, 1.54) is 18.2 Å². The average molecular weight is 438 g/mol. The summed E-state index contributed by atoms with van der Waals surface area (Å²) in [5, 5.41) is 2.82. The van der Waals surface area contributed by atoms with Crippen LogP contribution in [0.25, 0.3) is 28.5 Å². The lowest BCUT2D eigenvalue weighted by Crippen LogP contribution is -2.07. The molecule has 5 aromatic rings. The fraction of sp³-hybridized carbons (Fsp3) is 0.0370. The maximum atomic E-state index is 13.1. The number of hydrogen-bond acceptors (Lipinski definition) is 4. The molecule has 33 heavy (non-hydrogen) atoms. The van der Waals surface area contributed by atoms with E-state index in [0.29, 0.717) is 40.6 Å². The maximum absolute atomic E-state index is 13.1. The Labute approximate surface area is 189 Å². The third kappa shape index (κ3) is 4.91. The van der Waals surface area contributed by atoms with Crippen molar-refractivity contribution in [3.8, 4) is 11.3 Å². The SMILES string of the molecule is O=C(/C=C/c1ccc(-c2ccc(F)cc2)o1)Nc1ccc2oc(Cc3ccccc3)nc2c1. The van der Waals surface area contributed by atoms with Crippen LogP contribution in [0.4, 0.5) is 10.1 Å². The zero-order valence-corrected chi connectivity index (χ0v) is 17.5. The van der Waals surface area contributed by atoms with Gasteiger partial charge in [0, 0.05) is 23.7 Å². The van der Waals surface area contributed by atoms with Crippen LogP contribution in [-0.2, 0) is 11.2 Å². The highest BCUT2D eigenvalue weighted by Gasteiger charge is 2.09. The van der Waals surface area contributed by atoms with E-state index in [2.05, 4.69) is 10.3 Å². The van der Waals surface area contributed by atoms with E-state index >= 15 is 0 Å². The molecule has 3 aromatic carbocycles. The van der Waals surface area contributed by atoms with Crippen LogP contribution in [0.15, 0.2) is 99.8 Å². The van der Waals surface area contributed by atoms with Gasteiger partial charge in [-0.1, -0.05) is 30.3 Å². The number of amides is 1. The van der Waals surface area contributed by atoms with Crippen molar-refractivity contribution in [1.29, 1.82) is 0 Å². The standard InChI is InChI=1S/C27H19FN2O3/c28-20-8-6-19(7-9-20)24-14-11-22(32-24)12-15-26(31)29-21-10-13-25-23(17-21)30-27(33-25)16-18-4-2-1-3-5-18/h1-15,17H,16H2,(H,29,31)/b15-12+. The average Bonchev–Trinajstić information content (AvgIpc) is 3.45. The first-order chi connectivity index (χ1) is 16.1. The molecule has 162 valence electrons. The maximum Gasteiger partial charge on any atom is 0.248 e. The van der Waals surface area contributed by atoms with E-state index < -0.39 is 0 Å². The van der Waals surface area contributed by atoms with Gasteiger partial charge < -0.3 is 14.2 Å². The Morgan fingerprint density at radius 2 is 1.76 bits per heavy atom. The number of oxazole rings is 1. The molecule has 5 nitrogen and oxygen atoms in total. The van der Waals surface area contributed by atoms with Crippen LogP contribution in [0, 0.1) is 5.82 Å². The first kappa shape index (κ1) is 20.5. The van der Waals surface area contributed by atoms with Gasteiger partial charge in [-0.05, 0) is 66.2 Å². The number of rotatable bonds is 6. The third-order valence-electron chi connectivity index (χ3n) is 5.05. The number of anilines is 1. The van der Waals surface area contributed by atoms with Crippen LogP contribution in [0.5, 0.6) is 0 Å². The van der Waals surface area contributed by atoms with Gasteiger partial charge in [0.2, 0.25) is 5.91 Å². The van der Waals surface area contributed by atoms with Crippen LogP contribution in [-0.4, -0.2) is 10.9 Å². The molecule has 0 aliphatic carbocycles. The molecule has 6 heteroatoms. The Kier molecular flexibility index (Phi) is 5.55. The molecule has 0 bridgehead atoms. The predicted molar refractivity (Wildman–Crippen MR) is 125 cm³/mol. The highest BCUT2D eigenvalue weighted by Crippen LogP contribution is 2.24. The number of hydrogen-bond donors (Lipinski definition) is 1. The van der Waals surface area contributed by atoms with Crippen molar-refractivity contribution in [2.45, 2.75) is 6.42 Å². The van der Waals surface area contributed by atoms with Crippen LogP contribution < -0.4 is 5.32 Å². The minimum Gasteiger partial charge on any atom is -0.457 e. The van der Waals surface area contributed by atoms with Gasteiger partial charge in [0.05, 0.1) is 0 Å². The van der Waals surface area contributed by atoms with Gasteiger partial charge >= 0.3 is 0 Å². The largest absolute Gasteiger partial charge is 0.457 e. The molecule has 0 unspecified atom stereocenters. The molecular weight excluding hydrogens is 419 g/mol. The quantitative estimate of drug-likeness (QED) is 0.309. The lowest BCUT2D eigenvalue weighted by Gasteiger charge is -2.00. The second-order valence-electron chi connectivity index (χ2n) is 7.48. The first-order valence-corrected chi connectivity index (χ1v) is 10.4. The smallest absolute Gasteiger partial charge is 0.248 e.